The second kappa shape index (κ2) is 36.5. The largest absolute Gasteiger partial charge is 0.467 e. The molecule has 0 saturated carbocycles. The topological polar surface area (TPSA) is 242 Å². The molecule has 3 rings (SSSR count). The quantitative estimate of drug-likeness (QED) is 0.0493. The summed E-state index contributed by atoms with van der Waals surface area (Å²) in [7, 11) is 1.31. The van der Waals surface area contributed by atoms with Gasteiger partial charge in [0.05, 0.1) is 183 Å². The highest BCUT2D eigenvalue weighted by Gasteiger charge is 2.45. The first-order valence-corrected chi connectivity index (χ1v) is 21.6. The van der Waals surface area contributed by atoms with Crippen LogP contribution in [0.5, 0.6) is 0 Å². The van der Waals surface area contributed by atoms with Gasteiger partial charge >= 0.3 is 5.97 Å². The second-order valence-corrected chi connectivity index (χ2v) is 13.6. The molecule has 4 amide bonds. The molecule has 2 aliphatic rings. The first-order valence-electron chi connectivity index (χ1n) is 21.6. The minimum absolute atomic E-state index is 0.0608. The van der Waals surface area contributed by atoms with Gasteiger partial charge in [0.15, 0.2) is 0 Å². The lowest BCUT2D eigenvalue weighted by Crippen LogP contribution is -2.54. The number of benzene rings is 1. The zero-order valence-corrected chi connectivity index (χ0v) is 37.0. The molecule has 2 aliphatic heterocycles. The maximum Gasteiger partial charge on any atom is 0.331 e. The maximum atomic E-state index is 13.2. The van der Waals surface area contributed by atoms with Crippen LogP contribution in [-0.4, -0.2) is 226 Å². The van der Waals surface area contributed by atoms with E-state index in [4.69, 9.17) is 61.6 Å². The lowest BCUT2D eigenvalue weighted by atomic mass is 10.0. The summed E-state index contributed by atoms with van der Waals surface area (Å²) in [6.07, 6.45) is 0.159. The fraction of sp³-hybridized carbons (Fsp3) is 0.738. The Morgan fingerprint density at radius 2 is 0.922 bits per heavy atom. The second-order valence-electron chi connectivity index (χ2n) is 13.6. The van der Waals surface area contributed by atoms with Crippen LogP contribution in [0.3, 0.4) is 0 Å². The van der Waals surface area contributed by atoms with Crippen LogP contribution < -0.4 is 10.6 Å². The third-order valence-corrected chi connectivity index (χ3v) is 8.94. The summed E-state index contributed by atoms with van der Waals surface area (Å²) in [6, 6.07) is 3.89. The van der Waals surface area contributed by atoms with Crippen LogP contribution >= 0.6 is 0 Å². The Labute approximate surface area is 374 Å². The predicted octanol–water partition coefficient (Wildman–Crippen LogP) is -0.111. The minimum Gasteiger partial charge on any atom is -0.467 e. The fourth-order valence-corrected chi connectivity index (χ4v) is 5.77. The van der Waals surface area contributed by atoms with Crippen molar-refractivity contribution in [1.82, 2.24) is 10.2 Å². The molecule has 22 nitrogen and oxygen atoms in total. The standard InChI is InChI=1S/C42H67N3O19/c1-51-38(47)33-64-32-31-63-30-29-62-28-27-61-26-25-60-24-23-59-22-21-58-20-19-57-18-17-56-16-15-55-14-13-54-12-11-53-10-9-52-8-7-43-35-4-2-3-34-39(35)42(50)45(41(34)49)36-5-6-37(46)44-40(36)48/h2-4,36,43H,5-33H2,1H3,(H,44,46,48). The molecule has 64 heavy (non-hydrogen) atoms. The van der Waals surface area contributed by atoms with Crippen molar-refractivity contribution in [3.8, 4) is 0 Å². The summed E-state index contributed by atoms with van der Waals surface area (Å²) < 4.78 is 75.3. The molecule has 1 aromatic rings. The molecular weight excluding hydrogens is 850 g/mol. The van der Waals surface area contributed by atoms with Crippen LogP contribution in [0.25, 0.3) is 0 Å². The monoisotopic (exact) mass is 917 g/mol. The highest BCUT2D eigenvalue weighted by Crippen LogP contribution is 2.32. The number of imide groups is 2. The summed E-state index contributed by atoms with van der Waals surface area (Å²) in [4.78, 5) is 61.8. The molecule has 2 N–H and O–H groups in total. The summed E-state index contributed by atoms with van der Waals surface area (Å²) in [6.45, 7) is 11.1. The van der Waals surface area contributed by atoms with Gasteiger partial charge in [-0.15, -0.1) is 0 Å². The molecule has 22 heteroatoms. The summed E-state index contributed by atoms with van der Waals surface area (Å²) >= 11 is 0. The van der Waals surface area contributed by atoms with Gasteiger partial charge in [0.25, 0.3) is 11.8 Å². The molecule has 1 unspecified atom stereocenters. The Balaban J connectivity index is 0.955. The number of piperidine rings is 1. The van der Waals surface area contributed by atoms with Gasteiger partial charge in [-0.3, -0.25) is 29.4 Å². The Kier molecular flexibility index (Phi) is 31.1. The average Bonchev–Trinajstić information content (AvgIpc) is 3.55. The van der Waals surface area contributed by atoms with E-state index in [9.17, 15) is 24.0 Å². The van der Waals surface area contributed by atoms with Gasteiger partial charge in [0, 0.05) is 18.7 Å². The lowest BCUT2D eigenvalue weighted by molar-refractivity contribution is -0.146. The molecule has 0 aromatic heterocycles. The first kappa shape index (κ1) is 54.6. The van der Waals surface area contributed by atoms with E-state index in [0.717, 1.165) is 4.90 Å². The van der Waals surface area contributed by atoms with Crippen LogP contribution in [0, 0.1) is 0 Å². The summed E-state index contributed by atoms with van der Waals surface area (Å²) in [5, 5.41) is 5.33. The van der Waals surface area contributed by atoms with Crippen molar-refractivity contribution in [2.75, 3.05) is 191 Å². The number of esters is 1. The zero-order chi connectivity index (χ0) is 45.7. The SMILES string of the molecule is COC(=O)COCCOCCOCCOCCOCCOCCOCCOCCOCCOCCOCCOCCOCCNc1cccc2c1C(=O)N(C1CCC(=O)NC1=O)C2=O. The highest BCUT2D eigenvalue weighted by molar-refractivity contribution is 6.25. The van der Waals surface area contributed by atoms with Crippen LogP contribution in [-0.2, 0) is 80.7 Å². The Bertz CT molecular complexity index is 1460. The number of hydrogen-bond acceptors (Lipinski definition) is 20. The van der Waals surface area contributed by atoms with Crippen LogP contribution in [0.15, 0.2) is 18.2 Å². The molecule has 1 saturated heterocycles. The molecule has 0 aliphatic carbocycles. The third kappa shape index (κ3) is 24.0. The van der Waals surface area contributed by atoms with Crippen molar-refractivity contribution in [1.29, 1.82) is 0 Å². The highest BCUT2D eigenvalue weighted by atomic mass is 16.6. The predicted molar refractivity (Wildman–Crippen MR) is 224 cm³/mol. The minimum atomic E-state index is -1.02. The number of anilines is 1. The van der Waals surface area contributed by atoms with Crippen molar-refractivity contribution >= 4 is 35.3 Å². The maximum absolute atomic E-state index is 13.2. The zero-order valence-electron chi connectivity index (χ0n) is 37.0. The van der Waals surface area contributed by atoms with Crippen molar-refractivity contribution in [3.63, 3.8) is 0 Å². The van der Waals surface area contributed by atoms with Gasteiger partial charge in [-0.2, -0.15) is 0 Å². The molecule has 0 bridgehead atoms. The molecule has 1 atom stereocenters. The number of amides is 4. The Hall–Kier alpha value is -3.75. The Morgan fingerprint density at radius 3 is 1.30 bits per heavy atom. The molecule has 1 aromatic carbocycles. The molecule has 2 heterocycles. The normalized spacial score (nSPS) is 15.0. The van der Waals surface area contributed by atoms with E-state index in [1.54, 1.807) is 18.2 Å². The molecule has 364 valence electrons. The summed E-state index contributed by atoms with van der Waals surface area (Å²) in [5.41, 5.74) is 0.892. The number of carbonyl (C=O) groups is 5. The van der Waals surface area contributed by atoms with Crippen LogP contribution in [0.2, 0.25) is 0 Å². The number of methoxy groups -OCH3 is 1. The van der Waals surface area contributed by atoms with Crippen LogP contribution in [0.4, 0.5) is 5.69 Å². The average molecular weight is 918 g/mol. The van der Waals surface area contributed by atoms with Crippen molar-refractivity contribution in [2.24, 2.45) is 0 Å². The van der Waals surface area contributed by atoms with E-state index in [1.165, 1.54) is 7.11 Å². The smallest absolute Gasteiger partial charge is 0.331 e. The number of nitrogens with one attached hydrogen (secondary N) is 2. The van der Waals surface area contributed by atoms with Gasteiger partial charge in [-0.05, 0) is 18.6 Å². The number of ether oxygens (including phenoxy) is 14. The van der Waals surface area contributed by atoms with Crippen molar-refractivity contribution in [3.05, 3.63) is 29.3 Å². The number of rotatable bonds is 43. The van der Waals surface area contributed by atoms with Gasteiger partial charge < -0.3 is 71.6 Å². The van der Waals surface area contributed by atoms with Gasteiger partial charge in [-0.25, -0.2) is 4.79 Å². The number of fused-ring (bicyclic) bond motifs is 1. The number of carbonyl (C=O) groups excluding carboxylic acids is 5. The third-order valence-electron chi connectivity index (χ3n) is 8.94. The number of nitrogens with zero attached hydrogens (tertiary/aromatic N) is 1. The first-order chi connectivity index (χ1) is 31.4. The number of hydrogen-bond donors (Lipinski definition) is 2. The van der Waals surface area contributed by atoms with Gasteiger partial charge in [-0.1, -0.05) is 6.07 Å². The molecular formula is C42H67N3O19. The van der Waals surface area contributed by atoms with E-state index in [-0.39, 0.29) is 30.6 Å². The van der Waals surface area contributed by atoms with E-state index >= 15 is 0 Å². The molecule has 0 radical (unpaired) electrons. The van der Waals surface area contributed by atoms with Crippen LogP contribution in [0.1, 0.15) is 33.6 Å². The molecule has 1 fully saturated rings. The summed E-state index contributed by atoms with van der Waals surface area (Å²) in [5.74, 6) is -2.60. The Morgan fingerprint density at radius 1 is 0.547 bits per heavy atom. The van der Waals surface area contributed by atoms with Gasteiger partial charge in [0.2, 0.25) is 11.8 Å². The van der Waals surface area contributed by atoms with E-state index in [2.05, 4.69) is 15.4 Å². The molecule has 0 spiro atoms. The van der Waals surface area contributed by atoms with E-state index in [1.807, 2.05) is 0 Å². The van der Waals surface area contributed by atoms with E-state index in [0.29, 0.717) is 177 Å². The lowest BCUT2D eigenvalue weighted by Gasteiger charge is -2.27. The van der Waals surface area contributed by atoms with Crippen molar-refractivity contribution < 1.29 is 90.3 Å². The van der Waals surface area contributed by atoms with Gasteiger partial charge in [0.1, 0.15) is 12.6 Å². The fourth-order valence-electron chi connectivity index (χ4n) is 5.77. The van der Waals surface area contributed by atoms with E-state index < -0.39 is 35.6 Å². The van der Waals surface area contributed by atoms with Crippen molar-refractivity contribution in [2.45, 2.75) is 18.9 Å².